The molecule has 0 amide bonds. The van der Waals surface area contributed by atoms with E-state index in [1.807, 2.05) is 0 Å². The molecular formula is C16H15BrF2NO3Y-. The maximum absolute atomic E-state index is 12.7. The van der Waals surface area contributed by atoms with Gasteiger partial charge in [-0.15, -0.1) is 28.1 Å². The van der Waals surface area contributed by atoms with Crippen LogP contribution in [0.15, 0.2) is 39.6 Å². The summed E-state index contributed by atoms with van der Waals surface area (Å²) in [5.74, 6) is 0.630. The molecule has 0 aliphatic heterocycles. The minimum Gasteiger partial charge on any atom is -0.491 e. The summed E-state index contributed by atoms with van der Waals surface area (Å²) in [4.78, 5) is 12.1. The first kappa shape index (κ1) is 21.4. The van der Waals surface area contributed by atoms with E-state index < -0.39 is 18.5 Å². The molecular weight excluding hydrogens is 461 g/mol. The van der Waals surface area contributed by atoms with Crippen molar-refractivity contribution in [3.8, 4) is 17.0 Å². The third-order valence-corrected chi connectivity index (χ3v) is 3.63. The maximum Gasteiger partial charge on any atom is 0.256 e. The van der Waals surface area contributed by atoms with Gasteiger partial charge in [0.15, 0.2) is 0 Å². The molecule has 8 heteroatoms. The number of halogens is 3. The molecule has 2 aromatic rings. The molecule has 0 aliphatic carbocycles. The van der Waals surface area contributed by atoms with E-state index in [4.69, 9.17) is 9.47 Å². The Labute approximate surface area is 172 Å². The zero-order chi connectivity index (χ0) is 16.8. The molecule has 0 fully saturated rings. The molecule has 0 N–H and O–H groups in total. The van der Waals surface area contributed by atoms with E-state index in [9.17, 15) is 13.6 Å². The minimum absolute atomic E-state index is 0. The third kappa shape index (κ3) is 5.72. The van der Waals surface area contributed by atoms with Gasteiger partial charge in [-0.05, 0) is 16.6 Å². The van der Waals surface area contributed by atoms with Gasteiger partial charge in [0.1, 0.15) is 12.4 Å². The number of rotatable bonds is 7. The number of benzene rings is 1. The second kappa shape index (κ2) is 10.4. The summed E-state index contributed by atoms with van der Waals surface area (Å²) in [5, 5.41) is 0. The van der Waals surface area contributed by atoms with Crippen molar-refractivity contribution in [1.82, 2.24) is 4.57 Å². The molecule has 0 saturated heterocycles. The van der Waals surface area contributed by atoms with Gasteiger partial charge in [-0.25, -0.2) is 8.78 Å². The van der Waals surface area contributed by atoms with Crippen LogP contribution in [0.2, 0.25) is 0 Å². The van der Waals surface area contributed by atoms with Crippen LogP contribution in [0.1, 0.15) is 0 Å². The molecule has 127 valence electrons. The fourth-order valence-corrected chi connectivity index (χ4v) is 2.33. The second-order valence-corrected chi connectivity index (χ2v) is 5.51. The first-order chi connectivity index (χ1) is 11.0. The van der Waals surface area contributed by atoms with Crippen molar-refractivity contribution in [2.45, 2.75) is 13.0 Å². The third-order valence-electron chi connectivity index (χ3n) is 3.06. The molecule has 4 nitrogen and oxygen atoms in total. The summed E-state index contributed by atoms with van der Waals surface area (Å²) in [6, 6.07) is 11.1. The van der Waals surface area contributed by atoms with Crippen LogP contribution in [0.25, 0.3) is 11.3 Å². The molecule has 0 spiro atoms. The zero-order valence-corrected chi connectivity index (χ0v) is 17.4. The predicted molar refractivity (Wildman–Crippen MR) is 86.0 cm³/mol. The van der Waals surface area contributed by atoms with Crippen LogP contribution in [-0.2, 0) is 44.0 Å². The fourth-order valence-electron chi connectivity index (χ4n) is 2.01. The molecule has 0 saturated carbocycles. The van der Waals surface area contributed by atoms with Crippen molar-refractivity contribution in [1.29, 1.82) is 0 Å². The summed E-state index contributed by atoms with van der Waals surface area (Å²) >= 11 is 3.05. The summed E-state index contributed by atoms with van der Waals surface area (Å²) < 4.78 is 37.0. The number of methoxy groups -OCH3 is 1. The van der Waals surface area contributed by atoms with Crippen molar-refractivity contribution < 1.29 is 51.0 Å². The Balaban J connectivity index is 0.00000288. The first-order valence-electron chi connectivity index (χ1n) is 6.84. The summed E-state index contributed by atoms with van der Waals surface area (Å²) in [5.41, 5.74) is 0.399. The molecule has 1 aromatic carbocycles. The Bertz CT molecular complexity index is 707. The van der Waals surface area contributed by atoms with Crippen molar-refractivity contribution in [2.24, 2.45) is 0 Å². The Hall–Kier alpha value is -0.626. The molecule has 0 bridgehead atoms. The molecule has 24 heavy (non-hydrogen) atoms. The molecule has 1 aromatic heterocycles. The van der Waals surface area contributed by atoms with E-state index in [0.717, 1.165) is 4.57 Å². The van der Waals surface area contributed by atoms with Gasteiger partial charge in [0, 0.05) is 39.8 Å². The quantitative estimate of drug-likeness (QED) is 0.455. The number of pyridine rings is 1. The topological polar surface area (TPSA) is 40.5 Å². The second-order valence-electron chi connectivity index (χ2n) is 4.66. The molecule has 0 aliphatic rings. The number of hydrogen-bond acceptors (Lipinski definition) is 3. The van der Waals surface area contributed by atoms with E-state index in [-0.39, 0.29) is 37.2 Å². The van der Waals surface area contributed by atoms with Gasteiger partial charge >= 0.3 is 0 Å². The number of nitrogens with zero attached hydrogens (tertiary/aromatic N) is 1. The summed E-state index contributed by atoms with van der Waals surface area (Å²) in [6.07, 6.45) is -2.63. The maximum atomic E-state index is 12.7. The van der Waals surface area contributed by atoms with E-state index in [0.29, 0.717) is 30.2 Å². The molecule has 0 atom stereocenters. The Morgan fingerprint density at radius 1 is 1.25 bits per heavy atom. The van der Waals surface area contributed by atoms with Crippen LogP contribution in [0.5, 0.6) is 5.75 Å². The van der Waals surface area contributed by atoms with E-state index in [1.165, 1.54) is 6.07 Å². The van der Waals surface area contributed by atoms with Crippen molar-refractivity contribution in [3.05, 3.63) is 51.2 Å². The molecule has 2 rings (SSSR count). The van der Waals surface area contributed by atoms with Crippen LogP contribution >= 0.6 is 15.9 Å². The molecule has 1 heterocycles. The van der Waals surface area contributed by atoms with Gasteiger partial charge < -0.3 is 14.0 Å². The van der Waals surface area contributed by atoms with E-state index >= 15 is 0 Å². The Morgan fingerprint density at radius 3 is 2.50 bits per heavy atom. The standard InChI is InChI=1S/C16H15BrF2NO3.Y/c1-22-8-9-23-12-4-2-11(3-5-12)14-7-6-13(17)16(21)20(14)10-15(18)19;/h2-6,15H,8-10H2,1H3;/q-1;. The molecule has 0 unspecified atom stereocenters. The Kier molecular flexibility index (Phi) is 9.27. The Morgan fingerprint density at radius 2 is 1.92 bits per heavy atom. The average Bonchev–Trinajstić information content (AvgIpc) is 2.53. The zero-order valence-electron chi connectivity index (χ0n) is 13.0. The van der Waals surface area contributed by atoms with Crippen LogP contribution in [-0.4, -0.2) is 31.3 Å². The van der Waals surface area contributed by atoms with Crippen LogP contribution in [0.4, 0.5) is 8.78 Å². The van der Waals surface area contributed by atoms with E-state index in [1.54, 1.807) is 31.4 Å². The van der Waals surface area contributed by atoms with Gasteiger partial charge in [-0.2, -0.15) is 12.1 Å². The van der Waals surface area contributed by atoms with Gasteiger partial charge in [0.05, 0.1) is 13.2 Å². The molecule has 1 radical (unpaired) electrons. The predicted octanol–water partition coefficient (Wildman–Crippen LogP) is 3.37. The van der Waals surface area contributed by atoms with Gasteiger partial charge in [-0.3, -0.25) is 4.79 Å². The average molecular weight is 476 g/mol. The number of aromatic nitrogens is 1. The van der Waals surface area contributed by atoms with Crippen molar-refractivity contribution in [2.75, 3.05) is 20.3 Å². The number of ether oxygens (including phenoxy) is 2. The summed E-state index contributed by atoms with van der Waals surface area (Å²) in [7, 11) is 1.58. The van der Waals surface area contributed by atoms with Gasteiger partial charge in [0.2, 0.25) is 5.56 Å². The van der Waals surface area contributed by atoms with Crippen molar-refractivity contribution in [3.63, 3.8) is 0 Å². The number of alkyl halides is 2. The van der Waals surface area contributed by atoms with Crippen LogP contribution in [0, 0.1) is 6.07 Å². The minimum atomic E-state index is -2.63. The van der Waals surface area contributed by atoms with Crippen molar-refractivity contribution >= 4 is 15.9 Å². The SMILES string of the molecule is COCCOc1ccc(-c2[c-]cc(Br)c(=O)n2CC(F)F)cc1.[Y]. The van der Waals surface area contributed by atoms with Gasteiger partial charge in [0.25, 0.3) is 6.43 Å². The fraction of sp³-hybridized carbons (Fsp3) is 0.312. The van der Waals surface area contributed by atoms with Gasteiger partial charge in [-0.1, -0.05) is 11.3 Å². The first-order valence-corrected chi connectivity index (χ1v) is 7.63. The van der Waals surface area contributed by atoms with Crippen LogP contribution < -0.4 is 10.3 Å². The monoisotopic (exact) mass is 475 g/mol. The normalized spacial score (nSPS) is 10.5. The smallest absolute Gasteiger partial charge is 0.256 e. The van der Waals surface area contributed by atoms with Crippen LogP contribution in [0.3, 0.4) is 0 Å². The summed E-state index contributed by atoms with van der Waals surface area (Å²) in [6.45, 7) is 0.197. The largest absolute Gasteiger partial charge is 0.491 e. The van der Waals surface area contributed by atoms with E-state index in [2.05, 4.69) is 22.0 Å². The number of hydrogen-bond donors (Lipinski definition) is 0.